The van der Waals surface area contributed by atoms with Crippen LogP contribution < -0.4 is 4.72 Å². The molecule has 84 valence electrons. The molecule has 0 unspecified atom stereocenters. The van der Waals surface area contributed by atoms with E-state index in [1.54, 1.807) is 0 Å². The molecule has 1 rings (SSSR count). The largest absolute Gasteiger partial charge is 0.218 e. The molecule has 4 heteroatoms. The fourth-order valence-electron chi connectivity index (χ4n) is 1.29. The average molecular weight is 227 g/mol. The zero-order valence-corrected chi connectivity index (χ0v) is 10.1. The van der Waals surface area contributed by atoms with Gasteiger partial charge >= 0.3 is 0 Å². The zero-order valence-electron chi connectivity index (χ0n) is 9.32. The van der Waals surface area contributed by atoms with E-state index in [2.05, 4.69) is 18.6 Å². The lowest BCUT2D eigenvalue weighted by Gasteiger charge is -2.07. The minimum absolute atomic E-state index is 0.0435. The minimum Gasteiger partial charge on any atom is -0.218 e. The Bertz CT molecular complexity index is 407. The number of rotatable bonds is 4. The van der Waals surface area contributed by atoms with Crippen LogP contribution in [0.5, 0.6) is 0 Å². The van der Waals surface area contributed by atoms with Gasteiger partial charge in [-0.25, -0.2) is 13.1 Å². The molecule has 0 aliphatic carbocycles. The van der Waals surface area contributed by atoms with E-state index < -0.39 is 10.0 Å². The molecule has 0 aromatic heterocycles. The summed E-state index contributed by atoms with van der Waals surface area (Å²) in [7, 11) is -1.73. The normalized spacial score (nSPS) is 12.0. The third-order valence-electron chi connectivity index (χ3n) is 2.31. The van der Waals surface area contributed by atoms with Crippen molar-refractivity contribution < 1.29 is 8.42 Å². The number of hydrogen-bond acceptors (Lipinski definition) is 2. The van der Waals surface area contributed by atoms with Gasteiger partial charge in [0.2, 0.25) is 10.0 Å². The fraction of sp³-hybridized carbons (Fsp3) is 0.455. The molecule has 0 heterocycles. The maximum Gasteiger partial charge on any atom is 0.215 e. The van der Waals surface area contributed by atoms with Crippen LogP contribution in [0.15, 0.2) is 24.3 Å². The molecule has 0 radical (unpaired) electrons. The van der Waals surface area contributed by atoms with Crippen LogP contribution in [-0.4, -0.2) is 15.5 Å². The Morgan fingerprint density at radius 2 is 1.73 bits per heavy atom. The van der Waals surface area contributed by atoms with Crippen LogP contribution in [0.4, 0.5) is 0 Å². The van der Waals surface area contributed by atoms with Crippen molar-refractivity contribution in [1.82, 2.24) is 4.72 Å². The summed E-state index contributed by atoms with van der Waals surface area (Å²) >= 11 is 0. The van der Waals surface area contributed by atoms with Gasteiger partial charge in [0.1, 0.15) is 0 Å². The highest BCUT2D eigenvalue weighted by atomic mass is 32.2. The molecule has 1 aromatic carbocycles. The average Bonchev–Trinajstić information content (AvgIpc) is 2.18. The first-order valence-electron chi connectivity index (χ1n) is 4.94. The topological polar surface area (TPSA) is 46.2 Å². The van der Waals surface area contributed by atoms with Crippen LogP contribution in [0.25, 0.3) is 0 Å². The molecule has 0 amide bonds. The number of sulfonamides is 1. The molecule has 3 nitrogen and oxygen atoms in total. The van der Waals surface area contributed by atoms with Crippen LogP contribution in [0.2, 0.25) is 0 Å². The highest BCUT2D eigenvalue weighted by molar-refractivity contribution is 7.88. The predicted molar refractivity (Wildman–Crippen MR) is 62.2 cm³/mol. The van der Waals surface area contributed by atoms with Crippen molar-refractivity contribution in [3.8, 4) is 0 Å². The molecular formula is C11H17NO2S. The lowest BCUT2D eigenvalue weighted by molar-refractivity contribution is 0.587. The van der Waals surface area contributed by atoms with E-state index in [1.165, 1.54) is 12.6 Å². The Morgan fingerprint density at radius 3 is 2.13 bits per heavy atom. The van der Waals surface area contributed by atoms with Crippen LogP contribution >= 0.6 is 0 Å². The van der Waals surface area contributed by atoms with Crippen LogP contribution in [0.3, 0.4) is 0 Å². The molecule has 1 aromatic rings. The molecule has 0 atom stereocenters. The first-order chi connectivity index (χ1) is 6.94. The van der Waals surface area contributed by atoms with E-state index in [0.717, 1.165) is 5.56 Å². The Balaban J connectivity index is 2.82. The quantitative estimate of drug-likeness (QED) is 0.853. The van der Waals surface area contributed by atoms with Gasteiger partial charge in [0, 0.05) is 0 Å². The van der Waals surface area contributed by atoms with E-state index in [4.69, 9.17) is 0 Å². The second-order valence-electron chi connectivity index (χ2n) is 3.86. The molecule has 0 fully saturated rings. The van der Waals surface area contributed by atoms with Gasteiger partial charge in [0.05, 0.1) is 5.75 Å². The summed E-state index contributed by atoms with van der Waals surface area (Å²) in [5.41, 5.74) is 2.04. The van der Waals surface area contributed by atoms with Gasteiger partial charge in [-0.15, -0.1) is 0 Å². The lowest BCUT2D eigenvalue weighted by Crippen LogP contribution is -2.20. The van der Waals surface area contributed by atoms with Gasteiger partial charge in [-0.2, -0.15) is 0 Å². The predicted octanol–water partition coefficient (Wildman–Crippen LogP) is 1.86. The lowest BCUT2D eigenvalue weighted by atomic mass is 10.0. The van der Waals surface area contributed by atoms with E-state index in [0.29, 0.717) is 5.92 Å². The van der Waals surface area contributed by atoms with Crippen molar-refractivity contribution in [2.24, 2.45) is 0 Å². The summed E-state index contributed by atoms with van der Waals surface area (Å²) in [6, 6.07) is 7.69. The molecule has 0 spiro atoms. The molecular weight excluding hydrogens is 210 g/mol. The summed E-state index contributed by atoms with van der Waals surface area (Å²) in [5.74, 6) is 0.516. The first-order valence-corrected chi connectivity index (χ1v) is 6.60. The number of benzene rings is 1. The summed E-state index contributed by atoms with van der Waals surface area (Å²) in [4.78, 5) is 0. The maximum absolute atomic E-state index is 11.3. The maximum atomic E-state index is 11.3. The van der Waals surface area contributed by atoms with Crippen molar-refractivity contribution in [2.75, 3.05) is 7.05 Å². The summed E-state index contributed by atoms with van der Waals surface area (Å²) in [6.45, 7) is 4.22. The molecule has 0 aliphatic rings. The van der Waals surface area contributed by atoms with E-state index >= 15 is 0 Å². The Kier molecular flexibility index (Phi) is 3.88. The number of hydrogen-bond donors (Lipinski definition) is 1. The van der Waals surface area contributed by atoms with Crippen molar-refractivity contribution in [3.05, 3.63) is 35.4 Å². The summed E-state index contributed by atoms with van der Waals surface area (Å²) in [5, 5.41) is 0. The smallest absolute Gasteiger partial charge is 0.215 e. The van der Waals surface area contributed by atoms with E-state index in [-0.39, 0.29) is 5.75 Å². The molecule has 0 saturated carbocycles. The van der Waals surface area contributed by atoms with Crippen LogP contribution in [0.1, 0.15) is 30.9 Å². The first kappa shape index (κ1) is 12.2. The van der Waals surface area contributed by atoms with E-state index in [1.807, 2.05) is 24.3 Å². The van der Waals surface area contributed by atoms with Crippen molar-refractivity contribution >= 4 is 10.0 Å². The van der Waals surface area contributed by atoms with Crippen molar-refractivity contribution in [1.29, 1.82) is 0 Å². The SMILES string of the molecule is CNS(=O)(=O)Cc1ccc(C(C)C)cc1. The molecule has 0 aliphatic heterocycles. The third-order valence-corrected chi connectivity index (χ3v) is 3.65. The standard InChI is InChI=1S/C11H17NO2S/c1-9(2)11-6-4-10(5-7-11)8-15(13,14)12-3/h4-7,9,12H,8H2,1-3H3. The van der Waals surface area contributed by atoms with Gasteiger partial charge in [-0.1, -0.05) is 38.1 Å². The summed E-state index contributed by atoms with van der Waals surface area (Å²) < 4.78 is 24.9. The zero-order chi connectivity index (χ0) is 11.5. The van der Waals surface area contributed by atoms with E-state index in [9.17, 15) is 8.42 Å². The van der Waals surface area contributed by atoms with Crippen LogP contribution in [0, 0.1) is 0 Å². The second kappa shape index (κ2) is 4.77. The Hall–Kier alpha value is -0.870. The van der Waals surface area contributed by atoms with Crippen LogP contribution in [-0.2, 0) is 15.8 Å². The van der Waals surface area contributed by atoms with Gasteiger partial charge in [0.25, 0.3) is 0 Å². The summed E-state index contributed by atoms with van der Waals surface area (Å²) in [6.07, 6.45) is 0. The molecule has 1 N–H and O–H groups in total. The van der Waals surface area contributed by atoms with Gasteiger partial charge < -0.3 is 0 Å². The Labute approximate surface area is 91.6 Å². The monoisotopic (exact) mass is 227 g/mol. The van der Waals surface area contributed by atoms with Crippen molar-refractivity contribution in [2.45, 2.75) is 25.5 Å². The molecule has 0 saturated heterocycles. The fourth-order valence-corrected chi connectivity index (χ4v) is 2.07. The number of nitrogens with one attached hydrogen (secondary N) is 1. The minimum atomic E-state index is -3.16. The van der Waals surface area contributed by atoms with Gasteiger partial charge in [-0.05, 0) is 24.1 Å². The molecule has 15 heavy (non-hydrogen) atoms. The highest BCUT2D eigenvalue weighted by Gasteiger charge is 2.08. The third kappa shape index (κ3) is 3.64. The second-order valence-corrected chi connectivity index (χ2v) is 5.79. The Morgan fingerprint density at radius 1 is 1.20 bits per heavy atom. The van der Waals surface area contributed by atoms with Crippen molar-refractivity contribution in [3.63, 3.8) is 0 Å². The molecule has 0 bridgehead atoms. The van der Waals surface area contributed by atoms with Gasteiger partial charge in [0.15, 0.2) is 0 Å². The van der Waals surface area contributed by atoms with Gasteiger partial charge in [-0.3, -0.25) is 0 Å². The highest BCUT2D eigenvalue weighted by Crippen LogP contribution is 2.15.